The van der Waals surface area contributed by atoms with Gasteiger partial charge in [-0.3, -0.25) is 4.79 Å². The maximum Gasteiger partial charge on any atom is 0.304 e. The third-order valence-corrected chi connectivity index (χ3v) is 4.79. The Kier molecular flexibility index (Phi) is 6.53. The Balaban J connectivity index is 0.00000312. The van der Waals surface area contributed by atoms with Gasteiger partial charge in [-0.1, -0.05) is 30.3 Å². The molecule has 0 aliphatic heterocycles. The van der Waals surface area contributed by atoms with Crippen molar-refractivity contribution in [2.75, 3.05) is 0 Å². The molecule has 2 rings (SSSR count). The van der Waals surface area contributed by atoms with Crippen LogP contribution in [0.15, 0.2) is 41.5 Å². The van der Waals surface area contributed by atoms with Crippen molar-refractivity contribution in [3.05, 3.63) is 52.6 Å². The van der Waals surface area contributed by atoms with Crippen LogP contribution in [0.2, 0.25) is 0 Å². The molecule has 0 radical (unpaired) electrons. The van der Waals surface area contributed by atoms with Crippen molar-refractivity contribution in [3.63, 3.8) is 0 Å². The van der Waals surface area contributed by atoms with E-state index in [4.69, 9.17) is 10.8 Å². The zero-order chi connectivity index (χ0) is 18.1. The molecule has 1 aromatic rings. The fourth-order valence-corrected chi connectivity index (χ4v) is 3.22. The number of benzene rings is 1. The number of carbonyl (C=O) groups is 1. The first-order valence-electron chi connectivity index (χ1n) is 7.76. The number of hydrogen-bond donors (Lipinski definition) is 2. The molecule has 1 aliphatic carbocycles. The summed E-state index contributed by atoms with van der Waals surface area (Å²) in [6.07, 6.45) is 1.23. The average molecular weight is 365 g/mol. The number of halogens is 2. The minimum atomic E-state index is -2.30. The Hall–Kier alpha value is -2.16. The summed E-state index contributed by atoms with van der Waals surface area (Å²) in [5.74, 6) is -2.13. The maximum atomic E-state index is 15.4. The van der Waals surface area contributed by atoms with Crippen molar-refractivity contribution in [1.29, 1.82) is 5.26 Å². The molecule has 0 heterocycles. The second-order valence-electron chi connectivity index (χ2n) is 6.26. The van der Waals surface area contributed by atoms with Gasteiger partial charge in [0.2, 0.25) is 5.67 Å². The van der Waals surface area contributed by atoms with E-state index in [1.54, 1.807) is 26.0 Å². The highest BCUT2D eigenvalue weighted by molar-refractivity contribution is 5.85. The molecule has 134 valence electrons. The first kappa shape index (κ1) is 20.9. The van der Waals surface area contributed by atoms with Gasteiger partial charge >= 0.3 is 5.97 Å². The standard InChI is InChI=1S/C19H21FN2O2.ClH/c1-11-6-4-5-7-14(11)15-8-16(17(22)9-18(23)24)19(20,10-21)13(3)12(15)2;/h4-8,16-17H,9,22H2,1-3H3,(H,23,24);1H. The molecular formula is C19H22ClFN2O2. The molecule has 0 amide bonds. The van der Waals surface area contributed by atoms with E-state index in [0.717, 1.165) is 16.7 Å². The molecule has 0 aromatic heterocycles. The molecular weight excluding hydrogens is 343 g/mol. The fraction of sp³-hybridized carbons (Fsp3) is 0.368. The second kappa shape index (κ2) is 7.81. The van der Waals surface area contributed by atoms with Gasteiger partial charge in [0.1, 0.15) is 6.07 Å². The van der Waals surface area contributed by atoms with Gasteiger partial charge in [-0.15, -0.1) is 12.4 Å². The molecule has 1 aromatic carbocycles. The molecule has 0 fully saturated rings. The van der Waals surface area contributed by atoms with Gasteiger partial charge in [-0.05, 0) is 48.6 Å². The van der Waals surface area contributed by atoms with E-state index in [1.165, 1.54) is 0 Å². The number of rotatable bonds is 4. The molecule has 0 saturated heterocycles. The van der Waals surface area contributed by atoms with E-state index < -0.39 is 30.0 Å². The summed E-state index contributed by atoms with van der Waals surface area (Å²) in [6.45, 7) is 5.30. The zero-order valence-corrected chi connectivity index (χ0v) is 15.2. The highest BCUT2D eigenvalue weighted by Crippen LogP contribution is 2.44. The number of hydrogen-bond acceptors (Lipinski definition) is 3. The number of nitriles is 1. The summed E-state index contributed by atoms with van der Waals surface area (Å²) in [5.41, 5.74) is 7.38. The third kappa shape index (κ3) is 3.76. The SMILES string of the molecule is CC1=C(C)C(F)(C#N)C(C(N)CC(=O)O)C=C1c1ccccc1C.Cl. The van der Waals surface area contributed by atoms with Crippen LogP contribution < -0.4 is 5.73 Å². The Labute approximate surface area is 153 Å². The Morgan fingerprint density at radius 2 is 2.00 bits per heavy atom. The Bertz CT molecular complexity index is 782. The average Bonchev–Trinajstić information content (AvgIpc) is 2.53. The van der Waals surface area contributed by atoms with Crippen molar-refractivity contribution in [2.24, 2.45) is 11.7 Å². The summed E-state index contributed by atoms with van der Waals surface area (Å²) in [7, 11) is 0. The summed E-state index contributed by atoms with van der Waals surface area (Å²) >= 11 is 0. The Morgan fingerprint density at radius 3 is 2.52 bits per heavy atom. The van der Waals surface area contributed by atoms with Gasteiger partial charge in [0.05, 0.1) is 6.42 Å². The van der Waals surface area contributed by atoms with Crippen LogP contribution in [-0.4, -0.2) is 22.8 Å². The number of aryl methyl sites for hydroxylation is 1. The van der Waals surface area contributed by atoms with Crippen LogP contribution >= 0.6 is 12.4 Å². The summed E-state index contributed by atoms with van der Waals surface area (Å²) in [4.78, 5) is 11.0. The van der Waals surface area contributed by atoms with Gasteiger partial charge in [-0.2, -0.15) is 5.26 Å². The number of carboxylic acid groups (broad SMARTS) is 1. The molecule has 25 heavy (non-hydrogen) atoms. The van der Waals surface area contributed by atoms with Crippen LogP contribution in [0.4, 0.5) is 4.39 Å². The predicted octanol–water partition coefficient (Wildman–Crippen LogP) is 3.80. The third-order valence-electron chi connectivity index (χ3n) is 4.79. The minimum Gasteiger partial charge on any atom is -0.481 e. The van der Waals surface area contributed by atoms with Crippen molar-refractivity contribution in [1.82, 2.24) is 0 Å². The van der Waals surface area contributed by atoms with E-state index in [0.29, 0.717) is 5.57 Å². The summed E-state index contributed by atoms with van der Waals surface area (Å²) in [5, 5.41) is 18.4. The quantitative estimate of drug-likeness (QED) is 0.850. The Morgan fingerprint density at radius 1 is 1.40 bits per heavy atom. The lowest BCUT2D eigenvalue weighted by Crippen LogP contribution is -2.46. The molecule has 3 unspecified atom stereocenters. The predicted molar refractivity (Wildman–Crippen MR) is 97.9 cm³/mol. The van der Waals surface area contributed by atoms with E-state index in [1.807, 2.05) is 31.2 Å². The van der Waals surface area contributed by atoms with Crippen LogP contribution in [0, 0.1) is 24.2 Å². The molecule has 0 bridgehead atoms. The molecule has 3 N–H and O–H groups in total. The van der Waals surface area contributed by atoms with Crippen LogP contribution in [0.1, 0.15) is 31.4 Å². The van der Waals surface area contributed by atoms with Crippen LogP contribution in [-0.2, 0) is 4.79 Å². The lowest BCUT2D eigenvalue weighted by molar-refractivity contribution is -0.137. The van der Waals surface area contributed by atoms with E-state index in [2.05, 4.69) is 0 Å². The number of nitrogens with zero attached hydrogens (tertiary/aromatic N) is 1. The smallest absolute Gasteiger partial charge is 0.304 e. The number of carboxylic acids is 1. The van der Waals surface area contributed by atoms with E-state index >= 15 is 4.39 Å². The topological polar surface area (TPSA) is 87.1 Å². The van der Waals surface area contributed by atoms with Gasteiger partial charge in [0.15, 0.2) is 0 Å². The first-order chi connectivity index (χ1) is 11.2. The lowest BCUT2D eigenvalue weighted by Gasteiger charge is -2.36. The van der Waals surface area contributed by atoms with Crippen LogP contribution in [0.25, 0.3) is 5.57 Å². The van der Waals surface area contributed by atoms with E-state index in [9.17, 15) is 10.1 Å². The van der Waals surface area contributed by atoms with Crippen LogP contribution in [0.3, 0.4) is 0 Å². The fourth-order valence-electron chi connectivity index (χ4n) is 3.22. The van der Waals surface area contributed by atoms with Crippen LogP contribution in [0.5, 0.6) is 0 Å². The molecule has 1 aliphatic rings. The highest BCUT2D eigenvalue weighted by atomic mass is 35.5. The van der Waals surface area contributed by atoms with Gasteiger partial charge in [0, 0.05) is 12.0 Å². The zero-order valence-electron chi connectivity index (χ0n) is 14.4. The maximum absolute atomic E-state index is 15.4. The lowest BCUT2D eigenvalue weighted by atomic mass is 9.70. The molecule has 0 spiro atoms. The van der Waals surface area contributed by atoms with Crippen molar-refractivity contribution in [3.8, 4) is 6.07 Å². The van der Waals surface area contributed by atoms with Gasteiger partial charge < -0.3 is 10.8 Å². The summed E-state index contributed by atoms with van der Waals surface area (Å²) < 4.78 is 15.4. The largest absolute Gasteiger partial charge is 0.481 e. The van der Waals surface area contributed by atoms with E-state index in [-0.39, 0.29) is 18.0 Å². The second-order valence-corrected chi connectivity index (χ2v) is 6.26. The molecule has 0 saturated carbocycles. The number of aliphatic carboxylic acids is 1. The number of allylic oxidation sites excluding steroid dienone is 3. The van der Waals surface area contributed by atoms with Gasteiger partial charge in [0.25, 0.3) is 0 Å². The first-order valence-corrected chi connectivity index (χ1v) is 7.76. The van der Waals surface area contributed by atoms with Crippen molar-refractivity contribution in [2.45, 2.75) is 38.9 Å². The minimum absolute atomic E-state index is 0. The number of alkyl halides is 1. The molecule has 3 atom stereocenters. The van der Waals surface area contributed by atoms with Crippen molar-refractivity contribution < 1.29 is 14.3 Å². The summed E-state index contributed by atoms with van der Waals surface area (Å²) in [6, 6.07) is 8.40. The molecule has 4 nitrogen and oxygen atoms in total. The highest BCUT2D eigenvalue weighted by Gasteiger charge is 2.47. The monoisotopic (exact) mass is 364 g/mol. The van der Waals surface area contributed by atoms with Crippen molar-refractivity contribution >= 4 is 23.9 Å². The molecule has 6 heteroatoms. The number of nitrogens with two attached hydrogens (primary N) is 1. The van der Waals surface area contributed by atoms with Gasteiger partial charge in [-0.25, -0.2) is 4.39 Å². The normalized spacial score (nSPS) is 24.0.